The van der Waals surface area contributed by atoms with Crippen molar-refractivity contribution in [2.75, 3.05) is 0 Å². The molecule has 0 saturated heterocycles. The van der Waals surface area contributed by atoms with E-state index in [0.29, 0.717) is 44.5 Å². The van der Waals surface area contributed by atoms with Crippen LogP contribution in [0.25, 0.3) is 91.7 Å². The van der Waals surface area contributed by atoms with Crippen LogP contribution >= 0.6 is 0 Å². The average Bonchev–Trinajstić information content (AvgIpc) is 3.26. The second-order valence-electron chi connectivity index (χ2n) is 15.8. The molecule has 0 aliphatic heterocycles. The van der Waals surface area contributed by atoms with E-state index in [0.717, 1.165) is 91.6 Å². The summed E-state index contributed by atoms with van der Waals surface area (Å²) < 4.78 is 159. The van der Waals surface area contributed by atoms with Gasteiger partial charge in [0, 0.05) is 0 Å². The van der Waals surface area contributed by atoms with Gasteiger partial charge in [-0.3, -0.25) is 0 Å². The highest BCUT2D eigenvalue weighted by molar-refractivity contribution is 6.35. The summed E-state index contributed by atoms with van der Waals surface area (Å²) in [6.45, 7) is 0. The molecular weight excluding hydrogens is 877 g/mol. The SMILES string of the molecule is FC(F)(F)c1ccc(/C=C/c2cc3c(cc2/C=C/c2ccc(C(F)(F)F)cc2)c2cc4c5cc(/C=C/c6ccc(C(F)(F)F)cc6)c(/C=C/c6ccc(C(F)(F)F)cc6)cc5c4cc32)cc1. The molecule has 9 rings (SSSR count). The first-order chi connectivity index (χ1) is 31.2. The molecule has 0 saturated carbocycles. The van der Waals surface area contributed by atoms with Gasteiger partial charge < -0.3 is 0 Å². The molecule has 0 bridgehead atoms. The molecular formula is C54H30F12. The van der Waals surface area contributed by atoms with E-state index in [-0.39, 0.29) is 0 Å². The normalized spacial score (nSPS) is 13.5. The molecule has 0 aromatic heterocycles. The van der Waals surface area contributed by atoms with Gasteiger partial charge in [0.25, 0.3) is 0 Å². The summed E-state index contributed by atoms with van der Waals surface area (Å²) in [4.78, 5) is 0. The molecule has 9 aromatic rings. The molecule has 0 aliphatic rings. The molecule has 0 nitrogen and oxygen atoms in total. The minimum Gasteiger partial charge on any atom is -0.166 e. The Morgan fingerprint density at radius 1 is 0.212 bits per heavy atom. The van der Waals surface area contributed by atoms with Gasteiger partial charge >= 0.3 is 24.7 Å². The molecule has 330 valence electrons. The predicted molar refractivity (Wildman–Crippen MR) is 240 cm³/mol. The third-order valence-electron chi connectivity index (χ3n) is 11.5. The molecule has 0 radical (unpaired) electrons. The van der Waals surface area contributed by atoms with Crippen LogP contribution in [0.15, 0.2) is 133 Å². The molecule has 12 heteroatoms. The molecule has 0 spiro atoms. The van der Waals surface area contributed by atoms with E-state index < -0.39 is 47.0 Å². The smallest absolute Gasteiger partial charge is 0.166 e. The number of rotatable bonds is 8. The van der Waals surface area contributed by atoms with Gasteiger partial charge in [-0.2, -0.15) is 52.7 Å². The van der Waals surface area contributed by atoms with Crippen molar-refractivity contribution < 1.29 is 52.7 Å². The predicted octanol–water partition coefficient (Wildman–Crippen LogP) is 17.9. The van der Waals surface area contributed by atoms with Crippen LogP contribution in [0.4, 0.5) is 52.7 Å². The van der Waals surface area contributed by atoms with E-state index in [4.69, 9.17) is 0 Å². The van der Waals surface area contributed by atoms with Crippen molar-refractivity contribution >= 4 is 91.7 Å². The lowest BCUT2D eigenvalue weighted by Gasteiger charge is -2.20. The lowest BCUT2D eigenvalue weighted by molar-refractivity contribution is -0.138. The van der Waals surface area contributed by atoms with Gasteiger partial charge in [0.1, 0.15) is 0 Å². The highest BCUT2D eigenvalue weighted by Gasteiger charge is 2.32. The number of hydrogen-bond donors (Lipinski definition) is 0. The maximum absolute atomic E-state index is 13.2. The lowest BCUT2D eigenvalue weighted by atomic mass is 9.83. The van der Waals surface area contributed by atoms with Crippen LogP contribution in [-0.4, -0.2) is 0 Å². The minimum absolute atomic E-state index is 0.512. The molecule has 66 heavy (non-hydrogen) atoms. The molecule has 0 amide bonds. The Bertz CT molecular complexity index is 2890. The van der Waals surface area contributed by atoms with E-state index in [9.17, 15) is 52.7 Å². The fourth-order valence-corrected chi connectivity index (χ4v) is 7.98. The van der Waals surface area contributed by atoms with Crippen LogP contribution in [0.1, 0.15) is 66.8 Å². The van der Waals surface area contributed by atoms with Gasteiger partial charge in [-0.1, -0.05) is 97.1 Å². The van der Waals surface area contributed by atoms with Gasteiger partial charge in [0.2, 0.25) is 0 Å². The molecule has 0 fully saturated rings. The summed E-state index contributed by atoms with van der Waals surface area (Å²) in [6, 6.07) is 30.7. The lowest BCUT2D eigenvalue weighted by Crippen LogP contribution is -2.03. The third-order valence-corrected chi connectivity index (χ3v) is 11.5. The fourth-order valence-electron chi connectivity index (χ4n) is 7.98. The monoisotopic (exact) mass is 906 g/mol. The van der Waals surface area contributed by atoms with Crippen LogP contribution in [0.5, 0.6) is 0 Å². The van der Waals surface area contributed by atoms with Crippen molar-refractivity contribution in [3.63, 3.8) is 0 Å². The van der Waals surface area contributed by atoms with E-state index in [1.807, 2.05) is 24.3 Å². The fraction of sp³-hybridized carbons (Fsp3) is 0.0741. The quantitative estimate of drug-likeness (QED) is 0.105. The minimum atomic E-state index is -4.50. The van der Waals surface area contributed by atoms with E-state index in [1.54, 1.807) is 48.6 Å². The second-order valence-corrected chi connectivity index (χ2v) is 15.8. The summed E-state index contributed by atoms with van der Waals surface area (Å²) in [6.07, 6.45) is -4.25. The average molecular weight is 907 g/mol. The van der Waals surface area contributed by atoms with Crippen molar-refractivity contribution in [1.29, 1.82) is 0 Å². The van der Waals surface area contributed by atoms with E-state index in [1.165, 1.54) is 48.5 Å². The van der Waals surface area contributed by atoms with Crippen LogP contribution in [0.2, 0.25) is 0 Å². The summed E-state index contributed by atoms with van der Waals surface area (Å²) in [5.74, 6) is 0. The number of benzene rings is 7. The third kappa shape index (κ3) is 8.87. The Labute approximate surface area is 368 Å². The highest BCUT2D eigenvalue weighted by atomic mass is 19.4. The largest absolute Gasteiger partial charge is 0.416 e. The maximum atomic E-state index is 13.2. The van der Waals surface area contributed by atoms with Crippen LogP contribution in [0.3, 0.4) is 0 Å². The van der Waals surface area contributed by atoms with Crippen LogP contribution < -0.4 is 0 Å². The van der Waals surface area contributed by atoms with Gasteiger partial charge in [-0.15, -0.1) is 0 Å². The highest BCUT2D eigenvalue weighted by Crippen LogP contribution is 2.46. The van der Waals surface area contributed by atoms with Crippen molar-refractivity contribution in [3.05, 3.63) is 200 Å². The first kappa shape index (κ1) is 43.9. The van der Waals surface area contributed by atoms with Gasteiger partial charge in [-0.25, -0.2) is 0 Å². The summed E-state index contributed by atoms with van der Waals surface area (Å²) in [5.41, 5.74) is 1.70. The van der Waals surface area contributed by atoms with Gasteiger partial charge in [0.15, 0.2) is 0 Å². The van der Waals surface area contributed by atoms with Crippen molar-refractivity contribution in [1.82, 2.24) is 0 Å². The molecule has 0 N–H and O–H groups in total. The molecule has 0 unspecified atom stereocenters. The Kier molecular flexibility index (Phi) is 10.8. The van der Waals surface area contributed by atoms with Crippen molar-refractivity contribution in [3.8, 4) is 0 Å². The Morgan fingerprint density at radius 2 is 0.379 bits per heavy atom. The summed E-state index contributed by atoms with van der Waals surface area (Å²) in [7, 11) is 0. The number of alkyl halides is 12. The summed E-state index contributed by atoms with van der Waals surface area (Å²) in [5, 5.41) is 7.35. The van der Waals surface area contributed by atoms with Crippen molar-refractivity contribution in [2.24, 2.45) is 0 Å². The maximum Gasteiger partial charge on any atom is 0.416 e. The van der Waals surface area contributed by atoms with E-state index in [2.05, 4.69) is 12.1 Å². The topological polar surface area (TPSA) is 0 Å². The zero-order valence-electron chi connectivity index (χ0n) is 33.9. The Morgan fingerprint density at radius 3 is 0.545 bits per heavy atom. The zero-order chi connectivity index (χ0) is 46.8. The van der Waals surface area contributed by atoms with Crippen molar-refractivity contribution in [2.45, 2.75) is 24.7 Å². The zero-order valence-corrected chi connectivity index (χ0v) is 33.9. The Hall–Kier alpha value is -7.34. The first-order valence-corrected chi connectivity index (χ1v) is 20.2. The second kappa shape index (κ2) is 16.3. The molecule has 0 atom stereocenters. The van der Waals surface area contributed by atoms with Crippen LogP contribution in [-0.2, 0) is 24.7 Å². The first-order valence-electron chi connectivity index (χ1n) is 20.2. The van der Waals surface area contributed by atoms with Crippen LogP contribution in [0, 0.1) is 0 Å². The number of halogens is 12. The van der Waals surface area contributed by atoms with Gasteiger partial charge in [0.05, 0.1) is 22.3 Å². The molecule has 9 aromatic carbocycles. The van der Waals surface area contributed by atoms with Gasteiger partial charge in [-0.05, 0) is 173 Å². The molecule has 0 heterocycles. The molecule has 0 aliphatic carbocycles. The number of hydrogen-bond acceptors (Lipinski definition) is 0. The Balaban J connectivity index is 1.13. The standard InChI is InChI=1S/C54H30F12/c55-51(56,57)39-17-5-31(6-18-39)1-13-35-25-43-44(26-36(35)14-2-32-7-19-40(20-8-32)52(58,59)60)48-30-50-46-28-38(16-4-34-11-23-42(24-12-34)54(64,65)66)37(27-45(46)49(50)29-47(43)48)15-3-33-9-21-41(22-10-33)53(61,62)63/h1-30H/b13-1+,14-2+,15-3+,16-4+. The van der Waals surface area contributed by atoms with E-state index >= 15 is 0 Å². The summed E-state index contributed by atoms with van der Waals surface area (Å²) >= 11 is 0. The number of fused-ring (bicyclic) bond motifs is 8.